The summed E-state index contributed by atoms with van der Waals surface area (Å²) in [5.41, 5.74) is 0. The van der Waals surface area contributed by atoms with Gasteiger partial charge in [-0.25, -0.2) is 4.98 Å². The fraction of sp³-hybridized carbons (Fsp3) is 0.765. The Kier molecular flexibility index (Phi) is 10.8. The van der Waals surface area contributed by atoms with E-state index < -0.39 is 0 Å². The molecule has 1 N–H and O–H groups in total. The van der Waals surface area contributed by atoms with E-state index in [1.54, 1.807) is 11.3 Å². The number of nitrogens with zero attached hydrogens (tertiary/aromatic N) is 3. The first-order chi connectivity index (χ1) is 11.2. The van der Waals surface area contributed by atoms with Gasteiger partial charge in [-0.3, -0.25) is 4.99 Å². The van der Waals surface area contributed by atoms with E-state index in [2.05, 4.69) is 36.1 Å². The van der Waals surface area contributed by atoms with Crippen molar-refractivity contribution in [3.63, 3.8) is 0 Å². The highest BCUT2D eigenvalue weighted by atomic mass is 127. The molecule has 0 saturated heterocycles. The molecule has 0 radical (unpaired) electrons. The van der Waals surface area contributed by atoms with Crippen molar-refractivity contribution in [2.75, 3.05) is 39.9 Å². The number of aliphatic imine (C=N–C) groups is 1. The van der Waals surface area contributed by atoms with Crippen molar-refractivity contribution in [3.8, 4) is 0 Å². The quantitative estimate of drug-likeness (QED) is 0.249. The van der Waals surface area contributed by atoms with Gasteiger partial charge in [0.25, 0.3) is 0 Å². The van der Waals surface area contributed by atoms with Crippen molar-refractivity contribution in [2.24, 2.45) is 10.9 Å². The van der Waals surface area contributed by atoms with Crippen LogP contribution in [0.4, 0.5) is 0 Å². The van der Waals surface area contributed by atoms with Crippen molar-refractivity contribution in [1.29, 1.82) is 0 Å². The molecular formula is C17H31IN4OS. The van der Waals surface area contributed by atoms with Crippen molar-refractivity contribution in [3.05, 3.63) is 16.1 Å². The highest BCUT2D eigenvalue weighted by Crippen LogP contribution is 2.28. The SMILES string of the molecule is CCNC(=NCCc1ncc(CC)s1)N(C)CCOCC1CC1.I. The monoisotopic (exact) mass is 466 g/mol. The molecular weight excluding hydrogens is 435 g/mol. The number of guanidine groups is 1. The molecule has 24 heavy (non-hydrogen) atoms. The second kappa shape index (κ2) is 12.0. The second-order valence-corrected chi connectivity index (χ2v) is 7.20. The average molecular weight is 466 g/mol. The van der Waals surface area contributed by atoms with Crippen LogP contribution in [0.25, 0.3) is 0 Å². The van der Waals surface area contributed by atoms with Crippen molar-refractivity contribution in [1.82, 2.24) is 15.2 Å². The molecule has 0 unspecified atom stereocenters. The van der Waals surface area contributed by atoms with Gasteiger partial charge in [0, 0.05) is 50.8 Å². The van der Waals surface area contributed by atoms with E-state index in [9.17, 15) is 0 Å². The van der Waals surface area contributed by atoms with E-state index >= 15 is 0 Å². The highest BCUT2D eigenvalue weighted by Gasteiger charge is 2.21. The number of aryl methyl sites for hydroxylation is 1. The van der Waals surface area contributed by atoms with Crippen LogP contribution in [0.15, 0.2) is 11.2 Å². The molecule has 1 aromatic rings. The zero-order chi connectivity index (χ0) is 16.5. The number of hydrogen-bond donors (Lipinski definition) is 1. The van der Waals surface area contributed by atoms with Crippen LogP contribution in [-0.4, -0.2) is 55.7 Å². The third-order valence-corrected chi connectivity index (χ3v) is 5.06. The standard InChI is InChI=1S/C17H30N4OS.HI/c1-4-15-12-20-16(23-15)8-9-19-17(18-5-2)21(3)10-11-22-13-14-6-7-14;/h12,14H,4-11,13H2,1-3H3,(H,18,19);1H. The summed E-state index contributed by atoms with van der Waals surface area (Å²) < 4.78 is 5.71. The number of nitrogens with one attached hydrogen (secondary N) is 1. The third-order valence-electron chi connectivity index (χ3n) is 3.86. The summed E-state index contributed by atoms with van der Waals surface area (Å²) in [6, 6.07) is 0. The molecule has 1 saturated carbocycles. The highest BCUT2D eigenvalue weighted by molar-refractivity contribution is 14.0. The van der Waals surface area contributed by atoms with E-state index in [0.29, 0.717) is 0 Å². The Morgan fingerprint density at radius 3 is 2.88 bits per heavy atom. The van der Waals surface area contributed by atoms with Gasteiger partial charge in [0.15, 0.2) is 5.96 Å². The fourth-order valence-electron chi connectivity index (χ4n) is 2.20. The Morgan fingerprint density at radius 1 is 1.46 bits per heavy atom. The molecule has 2 rings (SSSR count). The number of likely N-dealkylation sites (N-methyl/N-ethyl adjacent to an activating group) is 1. The van der Waals surface area contributed by atoms with Gasteiger partial charge in [0.1, 0.15) is 0 Å². The average Bonchev–Trinajstić information content (AvgIpc) is 3.27. The minimum Gasteiger partial charge on any atom is -0.379 e. The number of aromatic nitrogens is 1. The molecule has 1 aliphatic rings. The molecule has 0 amide bonds. The Balaban J connectivity index is 0.00000288. The molecule has 7 heteroatoms. The number of ether oxygens (including phenoxy) is 1. The third kappa shape index (κ3) is 8.11. The Hall–Kier alpha value is -0.410. The summed E-state index contributed by atoms with van der Waals surface area (Å²) in [4.78, 5) is 12.7. The molecule has 5 nitrogen and oxygen atoms in total. The van der Waals surface area contributed by atoms with Crippen LogP contribution in [0.2, 0.25) is 0 Å². The number of halogens is 1. The molecule has 1 fully saturated rings. The van der Waals surface area contributed by atoms with Crippen LogP contribution in [0.5, 0.6) is 0 Å². The van der Waals surface area contributed by atoms with Gasteiger partial charge in [-0.05, 0) is 32.1 Å². The fourth-order valence-corrected chi connectivity index (χ4v) is 3.05. The molecule has 1 heterocycles. The van der Waals surface area contributed by atoms with Crippen molar-refractivity contribution in [2.45, 2.75) is 39.5 Å². The summed E-state index contributed by atoms with van der Waals surface area (Å²) in [5.74, 6) is 1.78. The molecule has 0 aliphatic heterocycles. The minimum atomic E-state index is 0. The Morgan fingerprint density at radius 2 is 2.25 bits per heavy atom. The van der Waals surface area contributed by atoms with E-state index in [1.807, 2.05) is 6.20 Å². The van der Waals surface area contributed by atoms with Gasteiger partial charge in [0.05, 0.1) is 11.6 Å². The summed E-state index contributed by atoms with van der Waals surface area (Å²) in [5, 5.41) is 4.53. The van der Waals surface area contributed by atoms with E-state index in [0.717, 1.165) is 57.6 Å². The lowest BCUT2D eigenvalue weighted by atomic mass is 10.4. The zero-order valence-corrected chi connectivity index (χ0v) is 18.2. The topological polar surface area (TPSA) is 49.8 Å². The second-order valence-electron chi connectivity index (χ2n) is 6.00. The summed E-state index contributed by atoms with van der Waals surface area (Å²) in [6.07, 6.45) is 6.64. The number of thiazole rings is 1. The molecule has 0 spiro atoms. The van der Waals surface area contributed by atoms with E-state index in [-0.39, 0.29) is 24.0 Å². The van der Waals surface area contributed by atoms with Crippen LogP contribution >= 0.6 is 35.3 Å². The summed E-state index contributed by atoms with van der Waals surface area (Å²) >= 11 is 1.80. The van der Waals surface area contributed by atoms with Gasteiger partial charge in [-0.15, -0.1) is 35.3 Å². The molecule has 138 valence electrons. The first kappa shape index (κ1) is 21.6. The van der Waals surface area contributed by atoms with Gasteiger partial charge in [0.2, 0.25) is 0 Å². The first-order valence-electron chi connectivity index (χ1n) is 8.73. The van der Waals surface area contributed by atoms with Gasteiger partial charge in [-0.1, -0.05) is 6.92 Å². The Bertz CT molecular complexity index is 491. The molecule has 0 atom stereocenters. The lowest BCUT2D eigenvalue weighted by Gasteiger charge is -2.22. The van der Waals surface area contributed by atoms with E-state index in [4.69, 9.17) is 9.73 Å². The molecule has 1 aromatic heterocycles. The van der Waals surface area contributed by atoms with E-state index in [1.165, 1.54) is 22.7 Å². The zero-order valence-electron chi connectivity index (χ0n) is 15.1. The van der Waals surface area contributed by atoms with Gasteiger partial charge < -0.3 is 15.0 Å². The van der Waals surface area contributed by atoms with Crippen LogP contribution < -0.4 is 5.32 Å². The van der Waals surface area contributed by atoms with Crippen LogP contribution in [0, 0.1) is 5.92 Å². The first-order valence-corrected chi connectivity index (χ1v) is 9.55. The largest absolute Gasteiger partial charge is 0.379 e. The van der Waals surface area contributed by atoms with Crippen molar-refractivity contribution < 1.29 is 4.74 Å². The lowest BCUT2D eigenvalue weighted by molar-refractivity contribution is 0.115. The smallest absolute Gasteiger partial charge is 0.193 e. The maximum Gasteiger partial charge on any atom is 0.193 e. The molecule has 0 aromatic carbocycles. The Labute approximate surface area is 167 Å². The summed E-state index contributed by atoms with van der Waals surface area (Å²) in [6.45, 7) is 8.47. The maximum atomic E-state index is 5.71. The van der Waals surface area contributed by atoms with Crippen LogP contribution in [0.3, 0.4) is 0 Å². The van der Waals surface area contributed by atoms with Crippen molar-refractivity contribution >= 4 is 41.3 Å². The lowest BCUT2D eigenvalue weighted by Crippen LogP contribution is -2.40. The predicted molar refractivity (Wildman–Crippen MR) is 113 cm³/mol. The summed E-state index contributed by atoms with van der Waals surface area (Å²) in [7, 11) is 2.07. The number of hydrogen-bond acceptors (Lipinski definition) is 4. The van der Waals surface area contributed by atoms with Crippen LogP contribution in [0.1, 0.15) is 36.6 Å². The van der Waals surface area contributed by atoms with Gasteiger partial charge >= 0.3 is 0 Å². The molecule has 1 aliphatic carbocycles. The maximum absolute atomic E-state index is 5.71. The normalized spacial score (nSPS) is 14.4. The van der Waals surface area contributed by atoms with Gasteiger partial charge in [-0.2, -0.15) is 0 Å². The minimum absolute atomic E-state index is 0. The molecule has 0 bridgehead atoms. The van der Waals surface area contributed by atoms with Crippen LogP contribution in [-0.2, 0) is 17.6 Å². The number of rotatable bonds is 10. The predicted octanol–water partition coefficient (Wildman–Crippen LogP) is 3.19.